The summed E-state index contributed by atoms with van der Waals surface area (Å²) in [6.45, 7) is 6.75. The van der Waals surface area contributed by atoms with Crippen molar-refractivity contribution in [2.45, 2.75) is 45.1 Å². The number of anilines is 1. The van der Waals surface area contributed by atoms with Gasteiger partial charge in [0.05, 0.1) is 6.54 Å². The van der Waals surface area contributed by atoms with Gasteiger partial charge in [0.2, 0.25) is 5.91 Å². The van der Waals surface area contributed by atoms with Crippen molar-refractivity contribution in [3.8, 4) is 0 Å². The molecule has 1 aliphatic carbocycles. The Morgan fingerprint density at radius 1 is 1.39 bits per heavy atom. The van der Waals surface area contributed by atoms with Crippen LogP contribution in [0.4, 0.5) is 5.82 Å². The largest absolute Gasteiger partial charge is 0.361 e. The second kappa shape index (κ2) is 4.96. The fourth-order valence-electron chi connectivity index (χ4n) is 1.62. The van der Waals surface area contributed by atoms with Crippen LogP contribution in [0, 0.1) is 0 Å². The smallest absolute Gasteiger partial charge is 0.239 e. The molecule has 1 heterocycles. The summed E-state index contributed by atoms with van der Waals surface area (Å²) in [4.78, 5) is 15.8. The van der Waals surface area contributed by atoms with E-state index in [0.717, 1.165) is 18.7 Å². The molecule has 1 aliphatic rings. The molecule has 0 aliphatic heterocycles. The molecule has 0 spiro atoms. The Morgan fingerprint density at radius 2 is 2.11 bits per heavy atom. The van der Waals surface area contributed by atoms with E-state index in [2.05, 4.69) is 36.4 Å². The van der Waals surface area contributed by atoms with Gasteiger partial charge in [0.15, 0.2) is 0 Å². The molecule has 1 saturated carbocycles. The number of hydrogen-bond donors (Lipinski definition) is 2. The molecule has 1 aromatic heterocycles. The average Bonchev–Trinajstić information content (AvgIpc) is 3.10. The molecule has 4 nitrogen and oxygen atoms in total. The summed E-state index contributed by atoms with van der Waals surface area (Å²) in [7, 11) is 0. The van der Waals surface area contributed by atoms with Crippen LogP contribution in [0.3, 0.4) is 0 Å². The van der Waals surface area contributed by atoms with Crippen molar-refractivity contribution in [1.82, 2.24) is 10.3 Å². The van der Waals surface area contributed by atoms with Crippen molar-refractivity contribution in [3.05, 3.63) is 23.9 Å². The lowest BCUT2D eigenvalue weighted by Gasteiger charge is -2.18. The predicted molar refractivity (Wildman–Crippen MR) is 72.6 cm³/mol. The van der Waals surface area contributed by atoms with Gasteiger partial charge in [-0.3, -0.25) is 4.79 Å². The number of amides is 1. The van der Waals surface area contributed by atoms with Crippen molar-refractivity contribution < 1.29 is 4.79 Å². The first-order valence-corrected chi connectivity index (χ1v) is 6.45. The van der Waals surface area contributed by atoms with Crippen LogP contribution in [0.1, 0.15) is 39.2 Å². The van der Waals surface area contributed by atoms with Crippen molar-refractivity contribution in [1.29, 1.82) is 0 Å². The topological polar surface area (TPSA) is 54.0 Å². The lowest BCUT2D eigenvalue weighted by Crippen LogP contribution is -2.31. The molecule has 0 unspecified atom stereocenters. The molecule has 0 bridgehead atoms. The maximum atomic E-state index is 11.5. The van der Waals surface area contributed by atoms with Crippen molar-refractivity contribution in [2.24, 2.45) is 0 Å². The van der Waals surface area contributed by atoms with Crippen LogP contribution in [0.2, 0.25) is 0 Å². The summed E-state index contributed by atoms with van der Waals surface area (Å²) in [5.41, 5.74) is 1.30. The highest BCUT2D eigenvalue weighted by Crippen LogP contribution is 2.22. The Morgan fingerprint density at radius 3 is 2.61 bits per heavy atom. The van der Waals surface area contributed by atoms with Gasteiger partial charge in [0.1, 0.15) is 5.82 Å². The number of nitrogens with zero attached hydrogens (tertiary/aromatic N) is 1. The molecule has 0 radical (unpaired) electrons. The van der Waals surface area contributed by atoms with E-state index < -0.39 is 0 Å². The fourth-order valence-corrected chi connectivity index (χ4v) is 1.62. The van der Waals surface area contributed by atoms with Crippen molar-refractivity contribution in [2.75, 3.05) is 11.9 Å². The number of carbonyl (C=O) groups is 1. The maximum Gasteiger partial charge on any atom is 0.239 e. The standard InChI is InChI=1S/C14H21N3O/c1-14(2,3)10-4-7-12(15-8-10)16-9-13(18)17-11-5-6-11/h4,7-8,11H,5-6,9H2,1-3H3,(H,15,16)(H,17,18). The minimum absolute atomic E-state index is 0.0409. The van der Waals surface area contributed by atoms with E-state index in [9.17, 15) is 4.79 Å². The van der Waals surface area contributed by atoms with Crippen LogP contribution in [0.5, 0.6) is 0 Å². The van der Waals surface area contributed by atoms with E-state index in [0.29, 0.717) is 12.6 Å². The minimum Gasteiger partial charge on any atom is -0.361 e. The van der Waals surface area contributed by atoms with Gasteiger partial charge in [-0.1, -0.05) is 26.8 Å². The van der Waals surface area contributed by atoms with Crippen LogP contribution in [0.25, 0.3) is 0 Å². The lowest BCUT2D eigenvalue weighted by atomic mass is 9.88. The predicted octanol–water partition coefficient (Wildman–Crippen LogP) is 2.07. The number of rotatable bonds is 4. The molecule has 98 valence electrons. The third-order valence-corrected chi connectivity index (χ3v) is 3.00. The summed E-state index contributed by atoms with van der Waals surface area (Å²) in [6, 6.07) is 4.38. The average molecular weight is 247 g/mol. The molecule has 1 amide bonds. The van der Waals surface area contributed by atoms with Crippen molar-refractivity contribution in [3.63, 3.8) is 0 Å². The quantitative estimate of drug-likeness (QED) is 0.856. The summed E-state index contributed by atoms with van der Waals surface area (Å²) >= 11 is 0. The zero-order valence-corrected chi connectivity index (χ0v) is 11.3. The number of hydrogen-bond acceptors (Lipinski definition) is 3. The van der Waals surface area contributed by atoms with E-state index >= 15 is 0 Å². The van der Waals surface area contributed by atoms with E-state index in [-0.39, 0.29) is 11.3 Å². The Kier molecular flexibility index (Phi) is 3.55. The molecular weight excluding hydrogens is 226 g/mol. The highest BCUT2D eigenvalue weighted by Gasteiger charge is 2.22. The van der Waals surface area contributed by atoms with E-state index in [1.165, 1.54) is 5.56 Å². The molecular formula is C14H21N3O. The molecule has 2 rings (SSSR count). The molecule has 4 heteroatoms. The maximum absolute atomic E-state index is 11.5. The van der Waals surface area contributed by atoms with Crippen LogP contribution in [0.15, 0.2) is 18.3 Å². The first kappa shape index (κ1) is 12.9. The zero-order chi connectivity index (χ0) is 13.2. The molecule has 18 heavy (non-hydrogen) atoms. The summed E-state index contributed by atoms with van der Waals surface area (Å²) in [5, 5.41) is 5.96. The summed E-state index contributed by atoms with van der Waals surface area (Å²) in [5.74, 6) is 0.785. The van der Waals surface area contributed by atoms with Crippen LogP contribution in [-0.2, 0) is 10.2 Å². The van der Waals surface area contributed by atoms with Gasteiger partial charge < -0.3 is 10.6 Å². The van der Waals surface area contributed by atoms with Gasteiger partial charge in [-0.2, -0.15) is 0 Å². The van der Waals surface area contributed by atoms with E-state index in [4.69, 9.17) is 0 Å². The molecule has 0 saturated heterocycles. The number of pyridine rings is 1. The highest BCUT2D eigenvalue weighted by molar-refractivity contribution is 5.80. The number of carbonyl (C=O) groups excluding carboxylic acids is 1. The SMILES string of the molecule is CC(C)(C)c1ccc(NCC(=O)NC2CC2)nc1. The normalized spacial score (nSPS) is 15.3. The van der Waals surface area contributed by atoms with E-state index in [1.54, 1.807) is 0 Å². The highest BCUT2D eigenvalue weighted by atomic mass is 16.2. The molecule has 1 fully saturated rings. The molecule has 2 N–H and O–H groups in total. The Bertz CT molecular complexity index is 416. The minimum atomic E-state index is 0.0409. The second-order valence-electron chi connectivity index (χ2n) is 5.88. The molecule has 0 atom stereocenters. The number of nitrogens with one attached hydrogen (secondary N) is 2. The third-order valence-electron chi connectivity index (χ3n) is 3.00. The van der Waals surface area contributed by atoms with Crippen LogP contribution >= 0.6 is 0 Å². The number of aromatic nitrogens is 1. The first-order valence-electron chi connectivity index (χ1n) is 6.45. The summed E-state index contributed by atoms with van der Waals surface area (Å²) in [6.07, 6.45) is 4.09. The Labute approximate surface area is 108 Å². The second-order valence-corrected chi connectivity index (χ2v) is 5.88. The monoisotopic (exact) mass is 247 g/mol. The van der Waals surface area contributed by atoms with Gasteiger partial charge in [-0.05, 0) is 29.9 Å². The summed E-state index contributed by atoms with van der Waals surface area (Å²) < 4.78 is 0. The van der Waals surface area contributed by atoms with Crippen LogP contribution in [-0.4, -0.2) is 23.5 Å². The van der Waals surface area contributed by atoms with Gasteiger partial charge in [0.25, 0.3) is 0 Å². The van der Waals surface area contributed by atoms with Gasteiger partial charge >= 0.3 is 0 Å². The van der Waals surface area contributed by atoms with Gasteiger partial charge in [-0.15, -0.1) is 0 Å². The van der Waals surface area contributed by atoms with E-state index in [1.807, 2.05) is 18.3 Å². The Hall–Kier alpha value is -1.58. The lowest BCUT2D eigenvalue weighted by molar-refractivity contribution is -0.119. The first-order chi connectivity index (χ1) is 8.45. The van der Waals surface area contributed by atoms with Crippen molar-refractivity contribution >= 4 is 11.7 Å². The molecule has 1 aromatic rings. The third kappa shape index (κ3) is 3.72. The molecule has 0 aromatic carbocycles. The van der Waals surface area contributed by atoms with Gasteiger partial charge in [0, 0.05) is 12.2 Å². The van der Waals surface area contributed by atoms with Crippen LogP contribution < -0.4 is 10.6 Å². The zero-order valence-electron chi connectivity index (χ0n) is 11.3. The Balaban J connectivity index is 1.84. The fraction of sp³-hybridized carbons (Fsp3) is 0.571. The van der Waals surface area contributed by atoms with Gasteiger partial charge in [-0.25, -0.2) is 4.98 Å².